The first-order valence-electron chi connectivity index (χ1n) is 5.18. The summed E-state index contributed by atoms with van der Waals surface area (Å²) in [6.07, 6.45) is 2.94. The molecule has 0 spiro atoms. The van der Waals surface area contributed by atoms with E-state index in [-0.39, 0.29) is 12.1 Å². The van der Waals surface area contributed by atoms with Crippen molar-refractivity contribution in [2.45, 2.75) is 38.3 Å². The van der Waals surface area contributed by atoms with Crippen LogP contribution in [0.1, 0.15) is 26.2 Å². The van der Waals surface area contributed by atoms with Crippen LogP contribution in [0.3, 0.4) is 0 Å². The summed E-state index contributed by atoms with van der Waals surface area (Å²) in [4.78, 5) is 13.0. The van der Waals surface area contributed by atoms with Crippen LogP contribution < -0.4 is 0 Å². The number of hydrogen-bond acceptors (Lipinski definition) is 3. The van der Waals surface area contributed by atoms with E-state index < -0.39 is 5.97 Å². The van der Waals surface area contributed by atoms with Gasteiger partial charge in [-0.15, -0.1) is 0 Å². The van der Waals surface area contributed by atoms with Gasteiger partial charge in [-0.2, -0.15) is 0 Å². The number of ether oxygens (including phenoxy) is 1. The van der Waals surface area contributed by atoms with Crippen molar-refractivity contribution in [2.24, 2.45) is 0 Å². The fraction of sp³-hybridized carbons (Fsp3) is 0.900. The van der Waals surface area contributed by atoms with Gasteiger partial charge in [0.25, 0.3) is 0 Å². The Morgan fingerprint density at radius 2 is 2.43 bits per heavy atom. The average Bonchev–Trinajstić information content (AvgIpc) is 2.19. The lowest BCUT2D eigenvalue weighted by Gasteiger charge is -2.35. The second-order valence-electron chi connectivity index (χ2n) is 3.76. The van der Waals surface area contributed by atoms with Crippen molar-refractivity contribution in [2.75, 3.05) is 20.2 Å². The minimum Gasteiger partial charge on any atom is -0.480 e. The third kappa shape index (κ3) is 2.69. The smallest absolute Gasteiger partial charge is 0.320 e. The van der Waals surface area contributed by atoms with E-state index in [1.165, 1.54) is 0 Å². The van der Waals surface area contributed by atoms with Crippen LogP contribution in [0.15, 0.2) is 0 Å². The van der Waals surface area contributed by atoms with Gasteiger partial charge in [-0.05, 0) is 25.8 Å². The molecule has 0 saturated carbocycles. The highest BCUT2D eigenvalue weighted by molar-refractivity contribution is 5.73. The van der Waals surface area contributed by atoms with E-state index in [1.807, 2.05) is 11.8 Å². The van der Waals surface area contributed by atoms with E-state index in [0.29, 0.717) is 6.42 Å². The van der Waals surface area contributed by atoms with Crippen molar-refractivity contribution in [3.8, 4) is 0 Å². The highest BCUT2D eigenvalue weighted by Crippen LogP contribution is 2.16. The molecule has 2 atom stereocenters. The van der Waals surface area contributed by atoms with Crippen LogP contribution in [-0.4, -0.2) is 48.3 Å². The SMILES string of the molecule is CC[C@H](C(=O)O)N1CCC[C@@H](OC)C1. The van der Waals surface area contributed by atoms with Crippen molar-refractivity contribution >= 4 is 5.97 Å². The minimum absolute atomic E-state index is 0.206. The Morgan fingerprint density at radius 1 is 1.71 bits per heavy atom. The number of methoxy groups -OCH3 is 1. The first-order valence-corrected chi connectivity index (χ1v) is 5.18. The molecule has 1 N–H and O–H groups in total. The maximum Gasteiger partial charge on any atom is 0.320 e. The molecule has 0 radical (unpaired) electrons. The van der Waals surface area contributed by atoms with Crippen LogP contribution in [0.25, 0.3) is 0 Å². The molecule has 4 heteroatoms. The summed E-state index contributed by atoms with van der Waals surface area (Å²) in [7, 11) is 1.69. The number of likely N-dealkylation sites (tertiary alicyclic amines) is 1. The van der Waals surface area contributed by atoms with Crippen molar-refractivity contribution < 1.29 is 14.6 Å². The van der Waals surface area contributed by atoms with Crippen molar-refractivity contribution in [3.05, 3.63) is 0 Å². The molecule has 0 aromatic carbocycles. The van der Waals surface area contributed by atoms with Crippen LogP contribution in [-0.2, 0) is 9.53 Å². The Labute approximate surface area is 84.8 Å². The van der Waals surface area contributed by atoms with E-state index in [0.717, 1.165) is 25.9 Å². The Hall–Kier alpha value is -0.610. The number of hydrogen-bond donors (Lipinski definition) is 1. The third-order valence-electron chi connectivity index (χ3n) is 2.86. The Balaban J connectivity index is 2.53. The van der Waals surface area contributed by atoms with Crippen LogP contribution in [0, 0.1) is 0 Å². The fourth-order valence-corrected chi connectivity index (χ4v) is 2.03. The summed E-state index contributed by atoms with van der Waals surface area (Å²) < 4.78 is 5.26. The number of carboxylic acid groups (broad SMARTS) is 1. The van der Waals surface area contributed by atoms with Crippen molar-refractivity contribution in [1.82, 2.24) is 4.90 Å². The van der Waals surface area contributed by atoms with Crippen LogP contribution in [0.4, 0.5) is 0 Å². The molecule has 1 aliphatic heterocycles. The van der Waals surface area contributed by atoms with Gasteiger partial charge < -0.3 is 9.84 Å². The van der Waals surface area contributed by atoms with E-state index in [9.17, 15) is 4.79 Å². The van der Waals surface area contributed by atoms with E-state index in [1.54, 1.807) is 7.11 Å². The molecule has 0 bridgehead atoms. The van der Waals surface area contributed by atoms with Gasteiger partial charge in [0.2, 0.25) is 0 Å². The molecule has 1 aliphatic rings. The second-order valence-corrected chi connectivity index (χ2v) is 3.76. The fourth-order valence-electron chi connectivity index (χ4n) is 2.03. The van der Waals surface area contributed by atoms with Gasteiger partial charge >= 0.3 is 5.97 Å². The Morgan fingerprint density at radius 3 is 2.93 bits per heavy atom. The lowest BCUT2D eigenvalue weighted by atomic mass is 10.0. The number of carboxylic acids is 1. The minimum atomic E-state index is -0.718. The first kappa shape index (κ1) is 11.5. The van der Waals surface area contributed by atoms with Crippen LogP contribution in [0.5, 0.6) is 0 Å². The van der Waals surface area contributed by atoms with Crippen LogP contribution >= 0.6 is 0 Å². The predicted molar refractivity (Wildman–Crippen MR) is 53.3 cm³/mol. The number of piperidine rings is 1. The molecule has 0 aromatic heterocycles. The quantitative estimate of drug-likeness (QED) is 0.736. The molecule has 1 saturated heterocycles. The van der Waals surface area contributed by atoms with Crippen LogP contribution in [0.2, 0.25) is 0 Å². The molecule has 0 aliphatic carbocycles. The van der Waals surface area contributed by atoms with Gasteiger partial charge in [-0.25, -0.2) is 0 Å². The standard InChI is InChI=1S/C10H19NO3/c1-3-9(10(12)13)11-6-4-5-8(7-11)14-2/h8-9H,3-7H2,1-2H3,(H,12,13)/t8-,9-/m1/s1. The monoisotopic (exact) mass is 201 g/mol. The number of aliphatic carboxylic acids is 1. The van der Waals surface area contributed by atoms with E-state index in [4.69, 9.17) is 9.84 Å². The normalized spacial score (nSPS) is 26.0. The second kappa shape index (κ2) is 5.32. The summed E-state index contributed by atoms with van der Waals surface area (Å²) in [5.41, 5.74) is 0. The molecule has 4 nitrogen and oxygen atoms in total. The van der Waals surface area contributed by atoms with Crippen molar-refractivity contribution in [3.63, 3.8) is 0 Å². The number of nitrogens with zero attached hydrogens (tertiary/aromatic N) is 1. The molecule has 1 fully saturated rings. The van der Waals surface area contributed by atoms with E-state index >= 15 is 0 Å². The summed E-state index contributed by atoms with van der Waals surface area (Å²) >= 11 is 0. The molecule has 1 heterocycles. The summed E-state index contributed by atoms with van der Waals surface area (Å²) in [6.45, 7) is 3.54. The topological polar surface area (TPSA) is 49.8 Å². The summed E-state index contributed by atoms with van der Waals surface area (Å²) in [5, 5.41) is 9.00. The van der Waals surface area contributed by atoms with Crippen molar-refractivity contribution in [1.29, 1.82) is 0 Å². The van der Waals surface area contributed by atoms with Gasteiger partial charge in [0.1, 0.15) is 6.04 Å². The zero-order chi connectivity index (χ0) is 10.6. The van der Waals surface area contributed by atoms with Gasteiger partial charge in [0.15, 0.2) is 0 Å². The van der Waals surface area contributed by atoms with Gasteiger partial charge in [-0.1, -0.05) is 6.92 Å². The number of carbonyl (C=O) groups is 1. The maximum absolute atomic E-state index is 10.9. The molecule has 0 amide bonds. The molecule has 82 valence electrons. The zero-order valence-electron chi connectivity index (χ0n) is 8.90. The molecular weight excluding hydrogens is 182 g/mol. The first-order chi connectivity index (χ1) is 6.69. The highest BCUT2D eigenvalue weighted by Gasteiger charge is 2.28. The Bertz CT molecular complexity index is 196. The largest absolute Gasteiger partial charge is 0.480 e. The van der Waals surface area contributed by atoms with Gasteiger partial charge in [0, 0.05) is 13.7 Å². The average molecular weight is 201 g/mol. The lowest BCUT2D eigenvalue weighted by Crippen LogP contribution is -2.48. The molecule has 14 heavy (non-hydrogen) atoms. The van der Waals surface area contributed by atoms with E-state index in [2.05, 4.69) is 0 Å². The molecular formula is C10H19NO3. The molecule has 1 rings (SSSR count). The predicted octanol–water partition coefficient (Wildman–Crippen LogP) is 0.960. The maximum atomic E-state index is 10.9. The summed E-state index contributed by atoms with van der Waals surface area (Å²) in [5.74, 6) is -0.718. The van der Waals surface area contributed by atoms with Gasteiger partial charge in [0.05, 0.1) is 6.10 Å². The highest BCUT2D eigenvalue weighted by atomic mass is 16.5. The third-order valence-corrected chi connectivity index (χ3v) is 2.86. The summed E-state index contributed by atoms with van der Waals surface area (Å²) in [6, 6.07) is -0.340. The number of rotatable bonds is 4. The zero-order valence-corrected chi connectivity index (χ0v) is 8.90. The molecule has 0 unspecified atom stereocenters. The Kier molecular flexibility index (Phi) is 4.35. The lowest BCUT2D eigenvalue weighted by molar-refractivity contribution is -0.144. The molecule has 0 aromatic rings. The van der Waals surface area contributed by atoms with Gasteiger partial charge in [-0.3, -0.25) is 9.69 Å².